The number of aromatic amines is 1. The Morgan fingerprint density at radius 1 is 1.41 bits per heavy atom. The fourth-order valence-electron chi connectivity index (χ4n) is 3.51. The third kappa shape index (κ3) is 5.68. The molecule has 0 aromatic carbocycles. The lowest BCUT2D eigenvalue weighted by molar-refractivity contribution is -0.145. The van der Waals surface area contributed by atoms with E-state index in [0.717, 1.165) is 9.88 Å². The van der Waals surface area contributed by atoms with Crippen molar-refractivity contribution >= 4 is 29.2 Å². The molecule has 2 aromatic heterocycles. The van der Waals surface area contributed by atoms with Crippen LogP contribution in [-0.4, -0.2) is 56.0 Å². The molecule has 3 N–H and O–H groups in total. The predicted molar refractivity (Wildman–Crippen MR) is 98.9 cm³/mol. The average molecular weight is 431 g/mol. The van der Waals surface area contributed by atoms with Crippen molar-refractivity contribution in [1.29, 1.82) is 0 Å². The third-order valence-electron chi connectivity index (χ3n) is 4.75. The Kier molecular flexibility index (Phi) is 6.10. The first-order chi connectivity index (χ1) is 13.6. The van der Waals surface area contributed by atoms with E-state index in [1.54, 1.807) is 12.3 Å². The van der Waals surface area contributed by atoms with Crippen molar-refractivity contribution in [3.63, 3.8) is 0 Å². The van der Waals surface area contributed by atoms with Gasteiger partial charge in [-0.2, -0.15) is 18.3 Å². The van der Waals surface area contributed by atoms with Crippen molar-refractivity contribution in [2.75, 3.05) is 11.9 Å². The van der Waals surface area contributed by atoms with Crippen LogP contribution in [0.15, 0.2) is 12.3 Å². The van der Waals surface area contributed by atoms with Crippen LogP contribution < -0.4 is 5.32 Å². The van der Waals surface area contributed by atoms with Crippen LogP contribution in [0.4, 0.5) is 23.8 Å². The zero-order valence-electron chi connectivity index (χ0n) is 15.5. The van der Waals surface area contributed by atoms with Crippen molar-refractivity contribution in [3.05, 3.63) is 27.8 Å². The van der Waals surface area contributed by atoms with Crippen LogP contribution in [0.1, 0.15) is 40.8 Å². The Balaban J connectivity index is 1.58. The van der Waals surface area contributed by atoms with Crippen LogP contribution in [0.5, 0.6) is 0 Å². The topological polar surface area (TPSA) is 111 Å². The standard InChI is InChI=1S/C17H20F3N5O3S/c1-9-21-7-12(29-9)5-15(26)22-14-6-13(23-24-14)10-2-3-11(4-10)25(16(27)28)8-17(18,19)20/h6-7,10-11H,2-5,8H2,1H3,(H,27,28)(H2,22,23,24,26). The van der Waals surface area contributed by atoms with Gasteiger partial charge >= 0.3 is 12.3 Å². The molecule has 2 heterocycles. The number of amides is 2. The number of carbonyl (C=O) groups is 2. The Morgan fingerprint density at radius 2 is 2.17 bits per heavy atom. The van der Waals surface area contributed by atoms with E-state index < -0.39 is 24.9 Å². The first-order valence-corrected chi connectivity index (χ1v) is 9.75. The van der Waals surface area contributed by atoms with E-state index in [-0.39, 0.29) is 24.7 Å². The molecule has 2 amide bonds. The molecule has 2 unspecified atom stereocenters. The minimum absolute atomic E-state index is 0.155. The lowest BCUT2D eigenvalue weighted by Gasteiger charge is -2.27. The van der Waals surface area contributed by atoms with Crippen molar-refractivity contribution in [1.82, 2.24) is 20.1 Å². The number of anilines is 1. The van der Waals surface area contributed by atoms with Gasteiger partial charge in [0.25, 0.3) is 0 Å². The second-order valence-electron chi connectivity index (χ2n) is 6.97. The normalized spacial score (nSPS) is 19.3. The van der Waals surface area contributed by atoms with Crippen LogP contribution >= 0.6 is 11.3 Å². The molecule has 3 rings (SSSR count). The Bertz CT molecular complexity index is 882. The molecule has 2 aromatic rings. The number of aryl methyl sites for hydroxylation is 1. The molecule has 8 nitrogen and oxygen atoms in total. The summed E-state index contributed by atoms with van der Waals surface area (Å²) in [6, 6.07) is 0.924. The van der Waals surface area contributed by atoms with Gasteiger partial charge in [-0.3, -0.25) is 14.8 Å². The van der Waals surface area contributed by atoms with Crippen LogP contribution in [0.3, 0.4) is 0 Å². The van der Waals surface area contributed by atoms with E-state index in [0.29, 0.717) is 29.3 Å². The summed E-state index contributed by atoms with van der Waals surface area (Å²) < 4.78 is 38.0. The zero-order chi connectivity index (χ0) is 21.2. The van der Waals surface area contributed by atoms with Crippen LogP contribution in [0.2, 0.25) is 0 Å². The van der Waals surface area contributed by atoms with E-state index in [4.69, 9.17) is 5.11 Å². The first-order valence-electron chi connectivity index (χ1n) is 8.93. The molecule has 1 aliphatic rings. The quantitative estimate of drug-likeness (QED) is 0.648. The highest BCUT2D eigenvalue weighted by Gasteiger charge is 2.40. The number of H-pyrrole nitrogens is 1. The number of hydrogen-bond donors (Lipinski definition) is 3. The van der Waals surface area contributed by atoms with Gasteiger partial charge in [0.2, 0.25) is 5.91 Å². The predicted octanol–water partition coefficient (Wildman–Crippen LogP) is 3.53. The fourth-order valence-corrected chi connectivity index (χ4v) is 4.30. The molecule has 12 heteroatoms. The highest BCUT2D eigenvalue weighted by atomic mass is 32.1. The van der Waals surface area contributed by atoms with E-state index >= 15 is 0 Å². The van der Waals surface area contributed by atoms with Gasteiger partial charge in [0, 0.05) is 34.8 Å². The lowest BCUT2D eigenvalue weighted by Crippen LogP contribution is -2.44. The van der Waals surface area contributed by atoms with Gasteiger partial charge < -0.3 is 10.4 Å². The minimum Gasteiger partial charge on any atom is -0.465 e. The molecule has 0 bridgehead atoms. The maximum atomic E-state index is 12.7. The third-order valence-corrected chi connectivity index (χ3v) is 5.66. The summed E-state index contributed by atoms with van der Waals surface area (Å²) in [6.07, 6.45) is -3.23. The number of hydrogen-bond acceptors (Lipinski definition) is 5. The molecule has 0 saturated heterocycles. The summed E-state index contributed by atoms with van der Waals surface area (Å²) in [5.41, 5.74) is 0.661. The average Bonchev–Trinajstić information content (AvgIpc) is 3.32. The smallest absolute Gasteiger partial charge is 0.407 e. The number of nitrogens with one attached hydrogen (secondary N) is 2. The number of alkyl halides is 3. The van der Waals surface area contributed by atoms with E-state index in [1.165, 1.54) is 11.3 Å². The minimum atomic E-state index is -4.58. The maximum Gasteiger partial charge on any atom is 0.407 e. The Morgan fingerprint density at radius 3 is 2.79 bits per heavy atom. The van der Waals surface area contributed by atoms with Crippen molar-refractivity contribution < 1.29 is 27.9 Å². The number of carboxylic acid groups (broad SMARTS) is 1. The number of nitrogens with zero attached hydrogens (tertiary/aromatic N) is 3. The summed E-state index contributed by atoms with van der Waals surface area (Å²) in [5, 5.41) is 19.5. The maximum absolute atomic E-state index is 12.7. The van der Waals surface area contributed by atoms with Gasteiger partial charge in [0.15, 0.2) is 5.82 Å². The molecular weight excluding hydrogens is 411 g/mol. The molecule has 0 aliphatic heterocycles. The van der Waals surface area contributed by atoms with Gasteiger partial charge in [-0.05, 0) is 26.2 Å². The number of carbonyl (C=O) groups excluding carboxylic acids is 1. The zero-order valence-corrected chi connectivity index (χ0v) is 16.3. The van der Waals surface area contributed by atoms with Gasteiger partial charge in [0.05, 0.1) is 11.4 Å². The second kappa shape index (κ2) is 8.39. The van der Waals surface area contributed by atoms with Crippen LogP contribution in [-0.2, 0) is 11.2 Å². The monoisotopic (exact) mass is 431 g/mol. The molecule has 1 aliphatic carbocycles. The summed E-state index contributed by atoms with van der Waals surface area (Å²) in [4.78, 5) is 28.7. The molecule has 1 saturated carbocycles. The Labute approximate surface area is 168 Å². The van der Waals surface area contributed by atoms with Crippen molar-refractivity contribution in [2.24, 2.45) is 0 Å². The molecule has 158 valence electrons. The molecular formula is C17H20F3N5O3S. The van der Waals surface area contributed by atoms with E-state index in [9.17, 15) is 22.8 Å². The summed E-state index contributed by atoms with van der Waals surface area (Å²) in [5.74, 6) is -0.0873. The highest BCUT2D eigenvalue weighted by molar-refractivity contribution is 7.11. The van der Waals surface area contributed by atoms with Crippen LogP contribution in [0.25, 0.3) is 0 Å². The summed E-state index contributed by atoms with van der Waals surface area (Å²) >= 11 is 1.43. The first kappa shape index (κ1) is 21.1. The van der Waals surface area contributed by atoms with Gasteiger partial charge in [0.1, 0.15) is 6.54 Å². The van der Waals surface area contributed by atoms with Crippen molar-refractivity contribution in [3.8, 4) is 0 Å². The number of rotatable bonds is 6. The molecule has 0 spiro atoms. The molecule has 0 radical (unpaired) electrons. The summed E-state index contributed by atoms with van der Waals surface area (Å²) in [6.45, 7) is 0.363. The number of halogens is 3. The molecule has 1 fully saturated rings. The summed E-state index contributed by atoms with van der Waals surface area (Å²) in [7, 11) is 0. The van der Waals surface area contributed by atoms with E-state index in [2.05, 4.69) is 20.5 Å². The number of thiazole rings is 1. The number of aromatic nitrogens is 3. The van der Waals surface area contributed by atoms with Crippen LogP contribution in [0, 0.1) is 6.92 Å². The Hall–Kier alpha value is -2.63. The molecule has 2 atom stereocenters. The lowest BCUT2D eigenvalue weighted by atomic mass is 10.0. The van der Waals surface area contributed by atoms with Gasteiger partial charge in [-0.1, -0.05) is 0 Å². The second-order valence-corrected chi connectivity index (χ2v) is 8.29. The fraction of sp³-hybridized carbons (Fsp3) is 0.529. The van der Waals surface area contributed by atoms with Gasteiger partial charge in [-0.25, -0.2) is 9.78 Å². The SMILES string of the molecule is Cc1ncc(CC(=O)Nc2cc(C3CCC(N(CC(F)(F)F)C(=O)O)C3)[nH]n2)s1. The van der Waals surface area contributed by atoms with Gasteiger partial charge in [-0.15, -0.1) is 11.3 Å². The highest BCUT2D eigenvalue weighted by Crippen LogP contribution is 2.37. The van der Waals surface area contributed by atoms with E-state index in [1.807, 2.05) is 6.92 Å². The largest absolute Gasteiger partial charge is 0.465 e. The molecule has 29 heavy (non-hydrogen) atoms. The van der Waals surface area contributed by atoms with Crippen molar-refractivity contribution in [2.45, 2.75) is 50.7 Å².